The molecule has 2 heterocycles. The number of carbonyl (C=O) groups excluding carboxylic acids is 1. The number of ketones is 1. The van der Waals surface area contributed by atoms with Gasteiger partial charge in [0.2, 0.25) is 0 Å². The second-order valence-corrected chi connectivity index (χ2v) is 9.06. The molecular formula is C21H22N2O2S2. The van der Waals surface area contributed by atoms with Gasteiger partial charge in [0.25, 0.3) is 5.56 Å². The quantitative estimate of drug-likeness (QED) is 0.256. The summed E-state index contributed by atoms with van der Waals surface area (Å²) >= 11 is 2.84. The van der Waals surface area contributed by atoms with Crippen LogP contribution < -0.4 is 5.56 Å². The van der Waals surface area contributed by atoms with E-state index in [-0.39, 0.29) is 16.6 Å². The lowest BCUT2D eigenvalue weighted by Gasteiger charge is -2.14. The van der Waals surface area contributed by atoms with Crippen LogP contribution in [0.15, 0.2) is 46.9 Å². The molecule has 0 spiro atoms. The van der Waals surface area contributed by atoms with Crippen LogP contribution in [0, 0.1) is 20.8 Å². The summed E-state index contributed by atoms with van der Waals surface area (Å²) in [7, 11) is 0. The fourth-order valence-corrected chi connectivity index (χ4v) is 4.92. The van der Waals surface area contributed by atoms with Crippen LogP contribution in [0.3, 0.4) is 0 Å². The van der Waals surface area contributed by atoms with E-state index in [0.717, 1.165) is 20.8 Å². The third-order valence-corrected chi connectivity index (χ3v) is 6.74. The van der Waals surface area contributed by atoms with E-state index in [9.17, 15) is 9.59 Å². The molecule has 0 aliphatic rings. The minimum Gasteiger partial charge on any atom is -0.293 e. The Labute approximate surface area is 167 Å². The van der Waals surface area contributed by atoms with Gasteiger partial charge in [0.15, 0.2) is 10.9 Å². The van der Waals surface area contributed by atoms with E-state index in [1.165, 1.54) is 23.1 Å². The van der Waals surface area contributed by atoms with E-state index in [4.69, 9.17) is 4.98 Å². The summed E-state index contributed by atoms with van der Waals surface area (Å²) < 4.78 is 1.61. The summed E-state index contributed by atoms with van der Waals surface area (Å²) in [6.45, 7) is 11.9. The minimum absolute atomic E-state index is 0.0260. The molecule has 0 aliphatic heterocycles. The Kier molecular flexibility index (Phi) is 5.67. The van der Waals surface area contributed by atoms with Crippen molar-refractivity contribution in [2.45, 2.75) is 44.6 Å². The lowest BCUT2D eigenvalue weighted by atomic mass is 10.1. The monoisotopic (exact) mass is 398 g/mol. The lowest BCUT2D eigenvalue weighted by Crippen LogP contribution is -2.24. The van der Waals surface area contributed by atoms with Gasteiger partial charge in [0, 0.05) is 17.0 Å². The summed E-state index contributed by atoms with van der Waals surface area (Å²) in [5.74, 6) is 0.0260. The van der Waals surface area contributed by atoms with E-state index in [0.29, 0.717) is 22.7 Å². The van der Waals surface area contributed by atoms with Gasteiger partial charge < -0.3 is 0 Å². The largest absolute Gasteiger partial charge is 0.293 e. The molecule has 1 atom stereocenters. The molecule has 140 valence electrons. The Morgan fingerprint density at radius 1 is 1.30 bits per heavy atom. The number of hydrogen-bond donors (Lipinski definition) is 0. The van der Waals surface area contributed by atoms with Gasteiger partial charge in [0.05, 0.1) is 10.6 Å². The van der Waals surface area contributed by atoms with Gasteiger partial charge in [0.1, 0.15) is 4.83 Å². The summed E-state index contributed by atoms with van der Waals surface area (Å²) in [6, 6.07) is 7.54. The number of Topliss-reactive ketones (excluding diaryl/α,β-unsaturated/α-hetero) is 1. The first kappa shape index (κ1) is 19.6. The van der Waals surface area contributed by atoms with Crippen LogP contribution in [0.1, 0.15) is 33.3 Å². The molecule has 4 nitrogen and oxygen atoms in total. The maximum Gasteiger partial charge on any atom is 0.263 e. The zero-order chi connectivity index (χ0) is 19.7. The average molecular weight is 399 g/mol. The van der Waals surface area contributed by atoms with Crippen LogP contribution in [-0.4, -0.2) is 20.6 Å². The molecule has 0 radical (unpaired) electrons. The van der Waals surface area contributed by atoms with Gasteiger partial charge >= 0.3 is 0 Å². The third-order valence-electron chi connectivity index (χ3n) is 4.55. The molecular weight excluding hydrogens is 376 g/mol. The second-order valence-electron chi connectivity index (χ2n) is 6.55. The Bertz CT molecular complexity index is 1080. The SMILES string of the molecule is C=CCn1c(S[C@H](C)C(=O)c2ccc(C)cc2)nc2sc(C)c(C)c2c1=O. The molecule has 0 saturated carbocycles. The molecule has 0 fully saturated rings. The summed E-state index contributed by atoms with van der Waals surface area (Å²) in [5, 5.41) is 0.873. The molecule has 0 aliphatic carbocycles. The summed E-state index contributed by atoms with van der Waals surface area (Å²) in [4.78, 5) is 32.3. The number of rotatable bonds is 6. The van der Waals surface area contributed by atoms with E-state index >= 15 is 0 Å². The number of benzene rings is 1. The van der Waals surface area contributed by atoms with E-state index in [2.05, 4.69) is 6.58 Å². The predicted octanol–water partition coefficient (Wildman–Crippen LogP) is 4.93. The summed E-state index contributed by atoms with van der Waals surface area (Å²) in [6.07, 6.45) is 1.68. The topological polar surface area (TPSA) is 52.0 Å². The van der Waals surface area contributed by atoms with Crippen LogP contribution in [-0.2, 0) is 6.54 Å². The fourth-order valence-electron chi connectivity index (χ4n) is 2.85. The van der Waals surface area contributed by atoms with E-state index in [1.54, 1.807) is 10.6 Å². The van der Waals surface area contributed by atoms with Gasteiger partial charge in [-0.25, -0.2) is 4.98 Å². The van der Waals surface area contributed by atoms with Crippen LogP contribution in [0.4, 0.5) is 0 Å². The number of allylic oxidation sites excluding steroid dienone is 1. The van der Waals surface area contributed by atoms with Crippen molar-refractivity contribution >= 4 is 39.1 Å². The normalized spacial score (nSPS) is 12.3. The van der Waals surface area contributed by atoms with Gasteiger partial charge in [-0.05, 0) is 33.3 Å². The highest BCUT2D eigenvalue weighted by atomic mass is 32.2. The number of nitrogens with zero attached hydrogens (tertiary/aromatic N) is 2. The van der Waals surface area contributed by atoms with E-state index < -0.39 is 0 Å². The number of hydrogen-bond acceptors (Lipinski definition) is 5. The molecule has 3 aromatic rings. The molecule has 0 N–H and O–H groups in total. The lowest BCUT2D eigenvalue weighted by molar-refractivity contribution is 0.0994. The molecule has 0 unspecified atom stereocenters. The van der Waals surface area contributed by atoms with Crippen molar-refractivity contribution in [1.29, 1.82) is 0 Å². The number of thiophene rings is 1. The van der Waals surface area contributed by atoms with Crippen molar-refractivity contribution in [2.75, 3.05) is 0 Å². The third kappa shape index (κ3) is 3.77. The average Bonchev–Trinajstić information content (AvgIpc) is 2.92. The van der Waals surface area contributed by atoms with Crippen LogP contribution in [0.2, 0.25) is 0 Å². The predicted molar refractivity (Wildman–Crippen MR) is 114 cm³/mol. The minimum atomic E-state index is -0.352. The first-order valence-corrected chi connectivity index (χ1v) is 10.4. The number of fused-ring (bicyclic) bond motifs is 1. The standard InChI is InChI=1S/C21H22N2O2S2/c1-6-11-23-20(25)17-13(3)14(4)26-19(17)22-21(23)27-15(5)18(24)16-9-7-12(2)8-10-16/h6-10,15H,1,11H2,2-5H3/t15-/m1/s1. The summed E-state index contributed by atoms with van der Waals surface area (Å²) in [5.41, 5.74) is 2.69. The zero-order valence-corrected chi connectivity index (χ0v) is 17.5. The van der Waals surface area contributed by atoms with Crippen LogP contribution >= 0.6 is 23.1 Å². The number of thioether (sulfide) groups is 1. The van der Waals surface area contributed by atoms with Gasteiger partial charge in [-0.3, -0.25) is 14.2 Å². The molecule has 27 heavy (non-hydrogen) atoms. The highest BCUT2D eigenvalue weighted by Crippen LogP contribution is 2.30. The highest BCUT2D eigenvalue weighted by Gasteiger charge is 2.22. The zero-order valence-electron chi connectivity index (χ0n) is 15.9. The van der Waals surface area contributed by atoms with E-state index in [1.807, 2.05) is 52.0 Å². The van der Waals surface area contributed by atoms with Crippen molar-refractivity contribution < 1.29 is 4.79 Å². The molecule has 1 aromatic carbocycles. The van der Waals surface area contributed by atoms with Crippen LogP contribution in [0.5, 0.6) is 0 Å². The Morgan fingerprint density at radius 3 is 2.59 bits per heavy atom. The van der Waals surface area contributed by atoms with Gasteiger partial charge in [-0.1, -0.05) is 47.7 Å². The maximum absolute atomic E-state index is 13.0. The maximum atomic E-state index is 13.0. The Morgan fingerprint density at radius 2 is 1.96 bits per heavy atom. The van der Waals surface area contributed by atoms with Gasteiger partial charge in [-0.15, -0.1) is 17.9 Å². The number of carbonyl (C=O) groups is 1. The molecule has 3 rings (SSSR count). The van der Waals surface area contributed by atoms with Crippen LogP contribution in [0.25, 0.3) is 10.2 Å². The molecule has 0 saturated heterocycles. The van der Waals surface area contributed by atoms with Crippen molar-refractivity contribution in [3.63, 3.8) is 0 Å². The highest BCUT2D eigenvalue weighted by molar-refractivity contribution is 8.00. The molecule has 6 heteroatoms. The molecule has 0 amide bonds. The van der Waals surface area contributed by atoms with Gasteiger partial charge in [-0.2, -0.15) is 0 Å². The smallest absolute Gasteiger partial charge is 0.263 e. The Hall–Kier alpha value is -2.18. The number of aryl methyl sites for hydroxylation is 3. The fraction of sp³-hybridized carbons (Fsp3) is 0.286. The Balaban J connectivity index is 2.01. The number of aromatic nitrogens is 2. The first-order valence-electron chi connectivity index (χ1n) is 8.72. The molecule has 0 bridgehead atoms. The first-order chi connectivity index (χ1) is 12.8. The van der Waals surface area contributed by atoms with Crippen molar-refractivity contribution in [3.8, 4) is 0 Å². The molecule has 2 aromatic heterocycles. The van der Waals surface area contributed by atoms with Crippen molar-refractivity contribution in [3.05, 3.63) is 68.8 Å². The van der Waals surface area contributed by atoms with Crippen molar-refractivity contribution in [2.24, 2.45) is 0 Å². The second kappa shape index (κ2) is 7.82. The van der Waals surface area contributed by atoms with Crippen molar-refractivity contribution in [1.82, 2.24) is 9.55 Å².